The van der Waals surface area contributed by atoms with Crippen LogP contribution in [0, 0.1) is 17.0 Å². The molecule has 28 heavy (non-hydrogen) atoms. The van der Waals surface area contributed by atoms with E-state index in [-0.39, 0.29) is 29.9 Å². The van der Waals surface area contributed by atoms with Crippen LogP contribution < -0.4 is 10.6 Å². The lowest BCUT2D eigenvalue weighted by Crippen LogP contribution is -2.32. The average Bonchev–Trinajstić information content (AvgIpc) is 2.71. The lowest BCUT2D eigenvalue weighted by atomic mass is 9.99. The summed E-state index contributed by atoms with van der Waals surface area (Å²) >= 11 is 0. The Morgan fingerprint density at radius 3 is 2.07 bits per heavy atom. The highest BCUT2D eigenvalue weighted by Gasteiger charge is 2.18. The zero-order valence-corrected chi connectivity index (χ0v) is 15.5. The summed E-state index contributed by atoms with van der Waals surface area (Å²) in [6.07, 6.45) is 0. The molecule has 0 aliphatic rings. The smallest absolute Gasteiger partial charge is 0.293 e. The first-order valence-corrected chi connectivity index (χ1v) is 8.93. The molecule has 142 valence electrons. The Labute approximate surface area is 163 Å². The standard InChI is InChI=1S/C22H21N3O3/c1-16-12-13-19(20(14-16)25(27)28)24-21(26)15-23-22(17-8-4-2-5-9-17)18-10-6-3-7-11-18/h2-14,22-23H,15H2,1H3,(H,24,26). The normalized spacial score (nSPS) is 10.6. The maximum absolute atomic E-state index is 12.4. The van der Waals surface area contributed by atoms with Gasteiger partial charge in [0.15, 0.2) is 0 Å². The summed E-state index contributed by atoms with van der Waals surface area (Å²) in [6, 6.07) is 24.2. The number of amides is 1. The molecule has 0 heterocycles. The molecule has 1 amide bonds. The van der Waals surface area contributed by atoms with Crippen molar-refractivity contribution in [1.29, 1.82) is 0 Å². The quantitative estimate of drug-likeness (QED) is 0.478. The van der Waals surface area contributed by atoms with Crippen LogP contribution in [0.3, 0.4) is 0 Å². The van der Waals surface area contributed by atoms with Gasteiger partial charge in [0.25, 0.3) is 5.69 Å². The molecule has 0 aliphatic carbocycles. The molecule has 0 aliphatic heterocycles. The molecule has 6 heteroatoms. The van der Waals surface area contributed by atoms with Crippen LogP contribution in [-0.4, -0.2) is 17.4 Å². The predicted octanol–water partition coefficient (Wildman–Crippen LogP) is 4.22. The molecule has 3 aromatic rings. The van der Waals surface area contributed by atoms with Crippen LogP contribution in [-0.2, 0) is 4.79 Å². The topological polar surface area (TPSA) is 84.3 Å². The minimum absolute atomic E-state index is 0.0134. The molecular weight excluding hydrogens is 354 g/mol. The van der Waals surface area contributed by atoms with Gasteiger partial charge in [0.2, 0.25) is 5.91 Å². The van der Waals surface area contributed by atoms with Crippen LogP contribution in [0.4, 0.5) is 11.4 Å². The molecule has 0 radical (unpaired) electrons. The number of hydrogen-bond donors (Lipinski definition) is 2. The molecule has 6 nitrogen and oxygen atoms in total. The highest BCUT2D eigenvalue weighted by Crippen LogP contribution is 2.25. The van der Waals surface area contributed by atoms with Crippen LogP contribution in [0.1, 0.15) is 22.7 Å². The molecule has 2 N–H and O–H groups in total. The van der Waals surface area contributed by atoms with Crippen LogP contribution in [0.25, 0.3) is 0 Å². The number of nitrogens with zero attached hydrogens (tertiary/aromatic N) is 1. The van der Waals surface area contributed by atoms with Crippen molar-refractivity contribution in [3.05, 3.63) is 106 Å². The Hall–Kier alpha value is -3.51. The molecule has 0 unspecified atom stereocenters. The van der Waals surface area contributed by atoms with E-state index in [1.807, 2.05) is 60.7 Å². The second-order valence-electron chi connectivity index (χ2n) is 6.46. The van der Waals surface area contributed by atoms with E-state index in [4.69, 9.17) is 0 Å². The van der Waals surface area contributed by atoms with Gasteiger partial charge in [-0.2, -0.15) is 0 Å². The lowest BCUT2D eigenvalue weighted by Gasteiger charge is -2.19. The Balaban J connectivity index is 1.74. The minimum Gasteiger partial charge on any atom is -0.319 e. The third-order valence-corrected chi connectivity index (χ3v) is 4.36. The van der Waals surface area contributed by atoms with Crippen LogP contribution in [0.5, 0.6) is 0 Å². The van der Waals surface area contributed by atoms with Gasteiger partial charge in [-0.1, -0.05) is 66.7 Å². The summed E-state index contributed by atoms with van der Waals surface area (Å²) in [5, 5.41) is 17.1. The summed E-state index contributed by atoms with van der Waals surface area (Å²) in [4.78, 5) is 23.2. The predicted molar refractivity (Wildman–Crippen MR) is 109 cm³/mol. The molecule has 0 spiro atoms. The summed E-state index contributed by atoms with van der Waals surface area (Å²) in [6.45, 7) is 1.78. The minimum atomic E-state index is -0.493. The molecule has 3 rings (SSSR count). The zero-order valence-electron chi connectivity index (χ0n) is 15.5. The highest BCUT2D eigenvalue weighted by atomic mass is 16.6. The van der Waals surface area contributed by atoms with Crippen molar-refractivity contribution in [1.82, 2.24) is 5.32 Å². The van der Waals surface area contributed by atoms with Gasteiger partial charge in [-0.3, -0.25) is 20.2 Å². The van der Waals surface area contributed by atoms with Crippen LogP contribution in [0.2, 0.25) is 0 Å². The zero-order chi connectivity index (χ0) is 19.9. The molecule has 0 saturated heterocycles. The van der Waals surface area contributed by atoms with E-state index in [0.29, 0.717) is 0 Å². The fourth-order valence-corrected chi connectivity index (χ4v) is 3.01. The average molecular weight is 375 g/mol. The maximum atomic E-state index is 12.4. The van der Waals surface area contributed by atoms with Crippen LogP contribution in [0.15, 0.2) is 78.9 Å². The Morgan fingerprint density at radius 1 is 0.964 bits per heavy atom. The van der Waals surface area contributed by atoms with Gasteiger partial charge in [0.05, 0.1) is 17.5 Å². The number of carbonyl (C=O) groups is 1. The Morgan fingerprint density at radius 2 is 1.54 bits per heavy atom. The van der Waals surface area contributed by atoms with E-state index in [0.717, 1.165) is 16.7 Å². The van der Waals surface area contributed by atoms with Gasteiger partial charge in [-0.15, -0.1) is 0 Å². The molecule has 0 fully saturated rings. The third-order valence-electron chi connectivity index (χ3n) is 4.36. The van der Waals surface area contributed by atoms with E-state index < -0.39 is 4.92 Å². The molecule has 0 saturated carbocycles. The van der Waals surface area contributed by atoms with Gasteiger partial charge in [-0.05, 0) is 29.7 Å². The van der Waals surface area contributed by atoms with E-state index >= 15 is 0 Å². The molecule has 3 aromatic carbocycles. The number of nitrogens with one attached hydrogen (secondary N) is 2. The van der Waals surface area contributed by atoms with E-state index in [2.05, 4.69) is 10.6 Å². The second-order valence-corrected chi connectivity index (χ2v) is 6.46. The molecule has 0 aromatic heterocycles. The monoisotopic (exact) mass is 375 g/mol. The largest absolute Gasteiger partial charge is 0.319 e. The van der Waals surface area contributed by atoms with Crippen molar-refractivity contribution in [3.8, 4) is 0 Å². The number of nitro groups is 1. The lowest BCUT2D eigenvalue weighted by molar-refractivity contribution is -0.384. The first-order chi connectivity index (χ1) is 13.5. The number of benzene rings is 3. The van der Waals surface area contributed by atoms with Gasteiger partial charge < -0.3 is 5.32 Å². The number of rotatable bonds is 7. The molecular formula is C22H21N3O3. The fourth-order valence-electron chi connectivity index (χ4n) is 3.01. The maximum Gasteiger partial charge on any atom is 0.293 e. The fraction of sp³-hybridized carbons (Fsp3) is 0.136. The van der Waals surface area contributed by atoms with Gasteiger partial charge in [0.1, 0.15) is 5.69 Å². The summed E-state index contributed by atoms with van der Waals surface area (Å²) in [7, 11) is 0. The Kier molecular flexibility index (Phi) is 6.14. The first-order valence-electron chi connectivity index (χ1n) is 8.93. The van der Waals surface area contributed by atoms with Gasteiger partial charge >= 0.3 is 0 Å². The Bertz CT molecular complexity index is 920. The third kappa shape index (κ3) is 4.81. The van der Waals surface area contributed by atoms with Crippen molar-refractivity contribution in [3.63, 3.8) is 0 Å². The molecule has 0 atom stereocenters. The molecule has 0 bridgehead atoms. The van der Waals surface area contributed by atoms with E-state index in [1.165, 1.54) is 6.07 Å². The van der Waals surface area contributed by atoms with Crippen molar-refractivity contribution >= 4 is 17.3 Å². The summed E-state index contributed by atoms with van der Waals surface area (Å²) in [5.74, 6) is -0.344. The highest BCUT2D eigenvalue weighted by molar-refractivity contribution is 5.94. The number of carbonyl (C=O) groups excluding carboxylic acids is 1. The number of hydrogen-bond acceptors (Lipinski definition) is 4. The number of aryl methyl sites for hydroxylation is 1. The second kappa shape index (κ2) is 8.92. The van der Waals surface area contributed by atoms with Gasteiger partial charge in [-0.25, -0.2) is 0 Å². The van der Waals surface area contributed by atoms with Crippen molar-refractivity contribution in [2.75, 3.05) is 11.9 Å². The summed E-state index contributed by atoms with van der Waals surface area (Å²) in [5.41, 5.74) is 2.90. The van der Waals surface area contributed by atoms with Crippen molar-refractivity contribution < 1.29 is 9.72 Å². The SMILES string of the molecule is Cc1ccc(NC(=O)CNC(c2ccccc2)c2ccccc2)c([N+](=O)[O-])c1. The van der Waals surface area contributed by atoms with Gasteiger partial charge in [0, 0.05) is 6.07 Å². The van der Waals surface area contributed by atoms with E-state index in [9.17, 15) is 14.9 Å². The first kappa shape index (κ1) is 19.3. The number of anilines is 1. The van der Waals surface area contributed by atoms with Crippen molar-refractivity contribution in [2.45, 2.75) is 13.0 Å². The number of nitro benzene ring substituents is 1. The van der Waals surface area contributed by atoms with Crippen LogP contribution >= 0.6 is 0 Å². The summed E-state index contributed by atoms with van der Waals surface area (Å²) < 4.78 is 0. The van der Waals surface area contributed by atoms with Crippen molar-refractivity contribution in [2.24, 2.45) is 0 Å². The van der Waals surface area contributed by atoms with E-state index in [1.54, 1.807) is 19.1 Å².